The van der Waals surface area contributed by atoms with Crippen molar-refractivity contribution in [1.29, 1.82) is 0 Å². The van der Waals surface area contributed by atoms with E-state index in [0.29, 0.717) is 13.1 Å². The zero-order valence-corrected chi connectivity index (χ0v) is 28.4. The van der Waals surface area contributed by atoms with Gasteiger partial charge in [0.15, 0.2) is 9.84 Å². The highest BCUT2D eigenvalue weighted by Crippen LogP contribution is 2.40. The van der Waals surface area contributed by atoms with Crippen molar-refractivity contribution < 1.29 is 8.42 Å². The van der Waals surface area contributed by atoms with Crippen LogP contribution in [0.25, 0.3) is 0 Å². The maximum atomic E-state index is 14.1. The van der Waals surface area contributed by atoms with Gasteiger partial charge in [0.25, 0.3) is 0 Å². The lowest BCUT2D eigenvalue weighted by atomic mass is 9.91. The van der Waals surface area contributed by atoms with Gasteiger partial charge in [-0.05, 0) is 33.4 Å². The first-order valence-corrected chi connectivity index (χ1v) is 18.9. The first-order valence-electron chi connectivity index (χ1n) is 17.1. The highest BCUT2D eigenvalue weighted by molar-refractivity contribution is 7.91. The molecule has 6 aromatic carbocycles. The summed E-state index contributed by atoms with van der Waals surface area (Å²) < 4.78 is 28.2. The first-order chi connectivity index (χ1) is 24.1. The van der Waals surface area contributed by atoms with Gasteiger partial charge in [0, 0.05) is 25.2 Å². The minimum atomic E-state index is -3.40. The summed E-state index contributed by atoms with van der Waals surface area (Å²) in [6, 6.07) is 62.2. The van der Waals surface area contributed by atoms with Gasteiger partial charge < -0.3 is 0 Å². The van der Waals surface area contributed by atoms with E-state index in [2.05, 4.69) is 155 Å². The summed E-state index contributed by atoms with van der Waals surface area (Å²) in [6.07, 6.45) is 0. The van der Waals surface area contributed by atoms with Crippen molar-refractivity contribution >= 4 is 9.84 Å². The van der Waals surface area contributed by atoms with Crippen molar-refractivity contribution in [2.45, 2.75) is 37.3 Å². The lowest BCUT2D eigenvalue weighted by Crippen LogP contribution is -2.53. The molecule has 1 aliphatic heterocycles. The Morgan fingerprint density at radius 3 is 0.918 bits per heavy atom. The SMILES string of the molecule is O=S1(=O)C[C@@H](N(Cc2ccccc2)C(c2ccccc2)c2ccccc2)[C@H](N(Cc2ccccc2)C(c2ccccc2)c2ccccc2)C1. The van der Waals surface area contributed by atoms with Gasteiger partial charge in [0.1, 0.15) is 0 Å². The molecule has 6 aromatic rings. The van der Waals surface area contributed by atoms with Crippen molar-refractivity contribution in [1.82, 2.24) is 9.80 Å². The highest BCUT2D eigenvalue weighted by atomic mass is 32.2. The van der Waals surface area contributed by atoms with Crippen LogP contribution in [0.2, 0.25) is 0 Å². The Bertz CT molecular complexity index is 1770. The van der Waals surface area contributed by atoms with Crippen molar-refractivity contribution in [3.63, 3.8) is 0 Å². The Morgan fingerprint density at radius 1 is 0.408 bits per heavy atom. The second-order valence-corrected chi connectivity index (χ2v) is 15.1. The van der Waals surface area contributed by atoms with E-state index in [4.69, 9.17) is 0 Å². The van der Waals surface area contributed by atoms with Crippen molar-refractivity contribution in [2.75, 3.05) is 11.5 Å². The molecule has 0 aliphatic carbocycles. The Balaban J connectivity index is 1.43. The molecule has 5 heteroatoms. The smallest absolute Gasteiger partial charge is 0.153 e. The average Bonchev–Trinajstić information content (AvgIpc) is 3.48. The van der Waals surface area contributed by atoms with Crippen LogP contribution in [0.1, 0.15) is 45.5 Å². The molecule has 49 heavy (non-hydrogen) atoms. The zero-order valence-electron chi connectivity index (χ0n) is 27.6. The molecule has 0 spiro atoms. The van der Waals surface area contributed by atoms with Crippen molar-refractivity contribution in [3.8, 4) is 0 Å². The van der Waals surface area contributed by atoms with Crippen LogP contribution in [0.4, 0.5) is 0 Å². The summed E-state index contributed by atoms with van der Waals surface area (Å²) in [6.45, 7) is 1.21. The van der Waals surface area contributed by atoms with E-state index in [0.717, 1.165) is 33.4 Å². The Kier molecular flexibility index (Phi) is 10.1. The molecule has 0 aromatic heterocycles. The molecular weight excluding hydrogens is 621 g/mol. The van der Waals surface area contributed by atoms with Gasteiger partial charge in [-0.25, -0.2) is 8.42 Å². The number of hydrogen-bond donors (Lipinski definition) is 0. The topological polar surface area (TPSA) is 40.6 Å². The Morgan fingerprint density at radius 2 is 0.653 bits per heavy atom. The summed E-state index contributed by atoms with van der Waals surface area (Å²) in [5.74, 6) is 0.171. The number of nitrogens with zero attached hydrogens (tertiary/aromatic N) is 2. The normalized spacial score (nSPS) is 17.2. The predicted molar refractivity (Wildman–Crippen MR) is 200 cm³/mol. The first kappa shape index (κ1) is 32.7. The molecule has 0 radical (unpaired) electrons. The molecule has 7 rings (SSSR count). The minimum absolute atomic E-state index is 0.0856. The third-order valence-corrected chi connectivity index (χ3v) is 11.4. The van der Waals surface area contributed by atoms with E-state index >= 15 is 0 Å². The summed E-state index contributed by atoms with van der Waals surface area (Å²) >= 11 is 0. The molecule has 0 unspecified atom stereocenters. The molecule has 246 valence electrons. The van der Waals surface area contributed by atoms with E-state index in [1.165, 1.54) is 0 Å². The third kappa shape index (κ3) is 7.76. The van der Waals surface area contributed by atoms with Crippen molar-refractivity contribution in [2.24, 2.45) is 0 Å². The van der Waals surface area contributed by atoms with Gasteiger partial charge in [-0.2, -0.15) is 0 Å². The van der Waals surface area contributed by atoms with Gasteiger partial charge in [-0.15, -0.1) is 0 Å². The molecule has 0 amide bonds. The number of rotatable bonds is 12. The highest BCUT2D eigenvalue weighted by Gasteiger charge is 2.48. The van der Waals surface area contributed by atoms with Gasteiger partial charge in [0.05, 0.1) is 23.6 Å². The molecule has 1 fully saturated rings. The molecule has 0 N–H and O–H groups in total. The van der Waals surface area contributed by atoms with Crippen LogP contribution >= 0.6 is 0 Å². The molecular formula is C44H42N2O2S. The zero-order chi connectivity index (χ0) is 33.5. The molecule has 0 saturated carbocycles. The van der Waals surface area contributed by atoms with E-state index in [1.807, 2.05) is 36.4 Å². The van der Waals surface area contributed by atoms with Crippen LogP contribution in [0.15, 0.2) is 182 Å². The van der Waals surface area contributed by atoms with Crippen LogP contribution < -0.4 is 0 Å². The monoisotopic (exact) mass is 662 g/mol. The van der Waals surface area contributed by atoms with E-state index in [-0.39, 0.29) is 35.7 Å². The van der Waals surface area contributed by atoms with Crippen LogP contribution in [-0.2, 0) is 22.9 Å². The fourth-order valence-electron chi connectivity index (χ4n) is 7.52. The summed E-state index contributed by atoms with van der Waals surface area (Å²) in [5, 5.41) is 0. The number of benzene rings is 6. The number of hydrogen-bond acceptors (Lipinski definition) is 4. The maximum Gasteiger partial charge on any atom is 0.153 e. The molecule has 1 heterocycles. The van der Waals surface area contributed by atoms with Crippen LogP contribution in [0.5, 0.6) is 0 Å². The van der Waals surface area contributed by atoms with Crippen LogP contribution in [0.3, 0.4) is 0 Å². The molecule has 0 bridgehead atoms. The minimum Gasteiger partial charge on any atom is -0.282 e. The van der Waals surface area contributed by atoms with E-state index in [9.17, 15) is 8.42 Å². The Labute approximate surface area is 291 Å². The summed E-state index contributed by atoms with van der Waals surface area (Å²) in [4.78, 5) is 4.94. The summed E-state index contributed by atoms with van der Waals surface area (Å²) in [7, 11) is -3.40. The van der Waals surface area contributed by atoms with Gasteiger partial charge in [-0.1, -0.05) is 182 Å². The third-order valence-electron chi connectivity index (χ3n) is 9.69. The molecule has 4 nitrogen and oxygen atoms in total. The second-order valence-electron chi connectivity index (χ2n) is 13.0. The fourth-order valence-corrected chi connectivity index (χ4v) is 9.53. The maximum absolute atomic E-state index is 14.1. The van der Waals surface area contributed by atoms with Gasteiger partial charge >= 0.3 is 0 Å². The lowest BCUT2D eigenvalue weighted by molar-refractivity contribution is 0.0588. The molecule has 2 atom stereocenters. The molecule has 1 saturated heterocycles. The average molecular weight is 663 g/mol. The van der Waals surface area contributed by atoms with Gasteiger partial charge in [-0.3, -0.25) is 9.80 Å². The fraction of sp³-hybridized carbons (Fsp3) is 0.182. The largest absolute Gasteiger partial charge is 0.282 e. The standard InChI is InChI=1S/C44H42N2O2S/c47-49(48)33-41(45(31-35-19-7-1-8-20-35)43(37-23-11-3-12-24-37)38-25-13-4-14-26-38)42(34-49)46(32-36-21-9-2-10-22-36)44(39-27-15-5-16-28-39)40-29-17-6-18-30-40/h1-30,41-44H,31-34H2/t41-,42-/m1/s1. The van der Waals surface area contributed by atoms with Crippen molar-refractivity contribution in [3.05, 3.63) is 215 Å². The molecule has 1 aliphatic rings. The van der Waals surface area contributed by atoms with E-state index in [1.54, 1.807) is 0 Å². The van der Waals surface area contributed by atoms with Gasteiger partial charge in [0.2, 0.25) is 0 Å². The van der Waals surface area contributed by atoms with Crippen LogP contribution in [-0.4, -0.2) is 41.8 Å². The van der Waals surface area contributed by atoms with E-state index < -0.39 is 9.84 Å². The van der Waals surface area contributed by atoms with Crippen LogP contribution in [0, 0.1) is 0 Å². The number of sulfone groups is 1. The lowest BCUT2D eigenvalue weighted by Gasteiger charge is -2.45. The second kappa shape index (κ2) is 15.2. The predicted octanol–water partition coefficient (Wildman–Crippen LogP) is 8.74. The summed E-state index contributed by atoms with van der Waals surface area (Å²) in [5.41, 5.74) is 6.88. The Hall–Kier alpha value is -4.81. The quantitative estimate of drug-likeness (QED) is 0.131.